The molecule has 2 N–H and O–H groups in total. The van der Waals surface area contributed by atoms with Gasteiger partial charge in [0.2, 0.25) is 10.0 Å². The van der Waals surface area contributed by atoms with Crippen molar-refractivity contribution in [2.75, 3.05) is 6.54 Å². The number of halogens is 1. The summed E-state index contributed by atoms with van der Waals surface area (Å²) >= 11 is 5.90. The second-order valence-corrected chi connectivity index (χ2v) is 6.63. The number of benzene rings is 1. The van der Waals surface area contributed by atoms with E-state index in [9.17, 15) is 13.2 Å². The predicted octanol–water partition coefficient (Wildman–Crippen LogP) is 2.04. The smallest absolute Gasteiger partial charge is 0.303 e. The van der Waals surface area contributed by atoms with E-state index in [1.807, 2.05) is 6.92 Å². The van der Waals surface area contributed by atoms with E-state index in [0.717, 1.165) is 5.56 Å². The third kappa shape index (κ3) is 4.81. The molecule has 1 aromatic carbocycles. The summed E-state index contributed by atoms with van der Waals surface area (Å²) in [4.78, 5) is 10.5. The standard InChI is InChI=1S/C12H16ClNO4S/c1-8-3-4-11(10(13)5-8)19(17,18)14-7-9(2)6-12(15)16/h3-5,9,14H,6-7H2,1-2H3,(H,15,16). The summed E-state index contributed by atoms with van der Waals surface area (Å²) in [6, 6.07) is 4.65. The normalized spacial score (nSPS) is 13.2. The van der Waals surface area contributed by atoms with Gasteiger partial charge in [0.1, 0.15) is 4.90 Å². The van der Waals surface area contributed by atoms with Crippen LogP contribution in [0.5, 0.6) is 0 Å². The molecule has 7 heteroatoms. The lowest BCUT2D eigenvalue weighted by molar-refractivity contribution is -0.137. The van der Waals surface area contributed by atoms with Gasteiger partial charge in [0.05, 0.1) is 5.02 Å². The Balaban J connectivity index is 2.79. The minimum atomic E-state index is -3.71. The molecule has 0 aliphatic carbocycles. The van der Waals surface area contributed by atoms with Crippen molar-refractivity contribution >= 4 is 27.6 Å². The highest BCUT2D eigenvalue weighted by Crippen LogP contribution is 2.22. The molecule has 0 heterocycles. The van der Waals surface area contributed by atoms with Gasteiger partial charge < -0.3 is 5.11 Å². The minimum absolute atomic E-state index is 0.00212. The molecule has 0 aromatic heterocycles. The fourth-order valence-electron chi connectivity index (χ4n) is 1.52. The number of rotatable bonds is 6. The summed E-state index contributed by atoms with van der Waals surface area (Å²) in [5, 5.41) is 8.76. The number of carboxylic acids is 1. The topological polar surface area (TPSA) is 83.5 Å². The van der Waals surface area contributed by atoms with Gasteiger partial charge in [-0.05, 0) is 30.5 Å². The Morgan fingerprint density at radius 3 is 2.63 bits per heavy atom. The van der Waals surface area contributed by atoms with Gasteiger partial charge in [-0.2, -0.15) is 0 Å². The first-order valence-corrected chi connectivity index (χ1v) is 7.56. The van der Waals surface area contributed by atoms with Crippen molar-refractivity contribution in [2.45, 2.75) is 25.2 Å². The van der Waals surface area contributed by atoms with Crippen LogP contribution in [0.1, 0.15) is 18.9 Å². The maximum absolute atomic E-state index is 12.0. The summed E-state index contributed by atoms with van der Waals surface area (Å²) in [6.45, 7) is 3.52. The highest BCUT2D eigenvalue weighted by molar-refractivity contribution is 7.89. The van der Waals surface area contributed by atoms with Crippen LogP contribution < -0.4 is 4.72 Å². The number of aliphatic carboxylic acids is 1. The van der Waals surface area contributed by atoms with Crippen molar-refractivity contribution in [3.63, 3.8) is 0 Å². The van der Waals surface area contributed by atoms with Crippen LogP contribution in [0.3, 0.4) is 0 Å². The van der Waals surface area contributed by atoms with Crippen molar-refractivity contribution in [2.24, 2.45) is 5.92 Å². The summed E-state index contributed by atoms with van der Waals surface area (Å²) in [7, 11) is -3.71. The summed E-state index contributed by atoms with van der Waals surface area (Å²) in [5.74, 6) is -1.25. The van der Waals surface area contributed by atoms with E-state index < -0.39 is 16.0 Å². The molecule has 0 aliphatic heterocycles. The number of carbonyl (C=O) groups is 1. The minimum Gasteiger partial charge on any atom is -0.481 e. The van der Waals surface area contributed by atoms with E-state index in [1.54, 1.807) is 19.1 Å². The van der Waals surface area contributed by atoms with E-state index in [1.165, 1.54) is 6.07 Å². The Labute approximate surface area is 117 Å². The molecular weight excluding hydrogens is 290 g/mol. The maximum atomic E-state index is 12.0. The largest absolute Gasteiger partial charge is 0.481 e. The number of hydrogen-bond acceptors (Lipinski definition) is 3. The first-order chi connectivity index (χ1) is 8.72. The number of nitrogens with one attached hydrogen (secondary N) is 1. The molecule has 0 spiro atoms. The van der Waals surface area contributed by atoms with Gasteiger partial charge in [0.25, 0.3) is 0 Å². The Kier molecular flexibility index (Phi) is 5.34. The molecule has 0 amide bonds. The van der Waals surface area contributed by atoms with Crippen LogP contribution in [0.4, 0.5) is 0 Å². The van der Waals surface area contributed by atoms with Crippen LogP contribution in [-0.4, -0.2) is 26.0 Å². The zero-order chi connectivity index (χ0) is 14.6. The average molecular weight is 306 g/mol. The fraction of sp³-hybridized carbons (Fsp3) is 0.417. The molecule has 1 rings (SSSR count). The first-order valence-electron chi connectivity index (χ1n) is 5.70. The third-order valence-electron chi connectivity index (χ3n) is 2.52. The molecule has 1 unspecified atom stereocenters. The van der Waals surface area contributed by atoms with E-state index in [-0.39, 0.29) is 28.8 Å². The molecule has 0 saturated heterocycles. The molecule has 5 nitrogen and oxygen atoms in total. The van der Waals surface area contributed by atoms with Crippen molar-refractivity contribution in [3.8, 4) is 0 Å². The van der Waals surface area contributed by atoms with Crippen molar-refractivity contribution in [3.05, 3.63) is 28.8 Å². The number of carboxylic acid groups (broad SMARTS) is 1. The Bertz CT molecular complexity index is 571. The van der Waals surface area contributed by atoms with Gasteiger partial charge >= 0.3 is 5.97 Å². The van der Waals surface area contributed by atoms with Crippen LogP contribution in [0.2, 0.25) is 5.02 Å². The van der Waals surface area contributed by atoms with Crippen LogP contribution in [0.25, 0.3) is 0 Å². The lowest BCUT2D eigenvalue weighted by Crippen LogP contribution is -2.29. The number of sulfonamides is 1. The van der Waals surface area contributed by atoms with Gasteiger partial charge in [-0.15, -0.1) is 0 Å². The number of aryl methyl sites for hydroxylation is 1. The van der Waals surface area contributed by atoms with Gasteiger partial charge in [-0.1, -0.05) is 24.6 Å². The third-order valence-corrected chi connectivity index (χ3v) is 4.43. The molecule has 1 atom stereocenters. The lowest BCUT2D eigenvalue weighted by atomic mass is 10.1. The highest BCUT2D eigenvalue weighted by atomic mass is 35.5. The van der Waals surface area contributed by atoms with Crippen LogP contribution >= 0.6 is 11.6 Å². The van der Waals surface area contributed by atoms with E-state index in [2.05, 4.69) is 4.72 Å². The monoisotopic (exact) mass is 305 g/mol. The van der Waals surface area contributed by atoms with Crippen LogP contribution in [0, 0.1) is 12.8 Å². The molecule has 1 aromatic rings. The van der Waals surface area contributed by atoms with E-state index in [0.29, 0.717) is 0 Å². The Morgan fingerprint density at radius 1 is 1.47 bits per heavy atom. The fourth-order valence-corrected chi connectivity index (χ4v) is 3.29. The quantitative estimate of drug-likeness (QED) is 0.842. The molecule has 0 aliphatic rings. The van der Waals surface area contributed by atoms with E-state index >= 15 is 0 Å². The van der Waals surface area contributed by atoms with Gasteiger partial charge in [-0.25, -0.2) is 13.1 Å². The van der Waals surface area contributed by atoms with Gasteiger partial charge in [-0.3, -0.25) is 4.79 Å². The maximum Gasteiger partial charge on any atom is 0.303 e. The molecule has 19 heavy (non-hydrogen) atoms. The van der Waals surface area contributed by atoms with Gasteiger partial charge in [0, 0.05) is 13.0 Å². The average Bonchev–Trinajstić information content (AvgIpc) is 2.25. The van der Waals surface area contributed by atoms with Gasteiger partial charge in [0.15, 0.2) is 0 Å². The molecule has 106 valence electrons. The molecule has 0 saturated carbocycles. The number of hydrogen-bond donors (Lipinski definition) is 2. The summed E-state index contributed by atoms with van der Waals surface area (Å²) in [6.07, 6.45) is -0.0931. The molecule has 0 radical (unpaired) electrons. The molecule has 0 bridgehead atoms. The van der Waals surface area contributed by atoms with E-state index in [4.69, 9.17) is 16.7 Å². The zero-order valence-electron chi connectivity index (χ0n) is 10.7. The second kappa shape index (κ2) is 6.36. The summed E-state index contributed by atoms with van der Waals surface area (Å²) < 4.78 is 26.4. The predicted molar refractivity (Wildman–Crippen MR) is 72.8 cm³/mol. The lowest BCUT2D eigenvalue weighted by Gasteiger charge is -2.12. The SMILES string of the molecule is Cc1ccc(S(=O)(=O)NCC(C)CC(=O)O)c(Cl)c1. The Hall–Kier alpha value is -1.11. The second-order valence-electron chi connectivity index (χ2n) is 4.49. The van der Waals surface area contributed by atoms with Crippen LogP contribution in [-0.2, 0) is 14.8 Å². The Morgan fingerprint density at radius 2 is 2.11 bits per heavy atom. The molecular formula is C12H16ClNO4S. The van der Waals surface area contributed by atoms with Crippen molar-refractivity contribution < 1.29 is 18.3 Å². The molecule has 0 fully saturated rings. The summed E-state index contributed by atoms with van der Waals surface area (Å²) in [5.41, 5.74) is 0.864. The van der Waals surface area contributed by atoms with Crippen molar-refractivity contribution in [1.82, 2.24) is 4.72 Å². The zero-order valence-corrected chi connectivity index (χ0v) is 12.3. The van der Waals surface area contributed by atoms with Crippen molar-refractivity contribution in [1.29, 1.82) is 0 Å². The first kappa shape index (κ1) is 15.9. The highest BCUT2D eigenvalue weighted by Gasteiger charge is 2.19. The van der Waals surface area contributed by atoms with Crippen LogP contribution in [0.15, 0.2) is 23.1 Å².